The van der Waals surface area contributed by atoms with Gasteiger partial charge in [-0.05, 0) is 79.8 Å². The van der Waals surface area contributed by atoms with E-state index in [0.29, 0.717) is 11.4 Å². The van der Waals surface area contributed by atoms with E-state index < -0.39 is 11.6 Å². The standard InChI is InChI=1S/C30H35F2N5/c1-2-3-4-5-6-7-10-23-11-13-24(14-12-23)33-35-27-19-20-28(30(32)29(27)31)36-34-25-15-17-26(18-16-25)37-21-8-9-22-37/h11-20H,2-10,21-22H2,1H3. The lowest BCUT2D eigenvalue weighted by molar-refractivity contribution is 0.511. The number of rotatable bonds is 12. The minimum absolute atomic E-state index is 0.178. The molecule has 0 spiro atoms. The molecule has 37 heavy (non-hydrogen) atoms. The maximum atomic E-state index is 14.6. The van der Waals surface area contributed by atoms with Crippen LogP contribution in [0.15, 0.2) is 81.1 Å². The van der Waals surface area contributed by atoms with Crippen LogP contribution >= 0.6 is 0 Å². The first-order valence-electron chi connectivity index (χ1n) is 13.4. The van der Waals surface area contributed by atoms with Gasteiger partial charge < -0.3 is 4.90 Å². The molecular weight excluding hydrogens is 468 g/mol. The van der Waals surface area contributed by atoms with Crippen LogP contribution in [0.2, 0.25) is 0 Å². The first kappa shape index (κ1) is 26.6. The van der Waals surface area contributed by atoms with Gasteiger partial charge >= 0.3 is 0 Å². The third kappa shape index (κ3) is 7.75. The number of hydrogen-bond donors (Lipinski definition) is 0. The average molecular weight is 504 g/mol. The summed E-state index contributed by atoms with van der Waals surface area (Å²) in [5.41, 5.74) is 3.18. The van der Waals surface area contributed by atoms with Crippen LogP contribution in [0.5, 0.6) is 0 Å². The predicted octanol–water partition coefficient (Wildman–Crippen LogP) is 10.3. The Labute approximate surface area is 218 Å². The van der Waals surface area contributed by atoms with Crippen molar-refractivity contribution in [3.05, 3.63) is 77.9 Å². The molecule has 0 saturated carbocycles. The van der Waals surface area contributed by atoms with E-state index >= 15 is 0 Å². The number of nitrogens with zero attached hydrogens (tertiary/aromatic N) is 5. The van der Waals surface area contributed by atoms with Gasteiger partial charge in [-0.25, -0.2) is 8.78 Å². The van der Waals surface area contributed by atoms with Gasteiger partial charge in [-0.1, -0.05) is 51.2 Å². The first-order valence-corrected chi connectivity index (χ1v) is 13.4. The molecule has 1 saturated heterocycles. The number of aryl methyl sites for hydroxylation is 1. The van der Waals surface area contributed by atoms with Crippen molar-refractivity contribution in [3.63, 3.8) is 0 Å². The average Bonchev–Trinajstić information content (AvgIpc) is 3.47. The van der Waals surface area contributed by atoms with Crippen molar-refractivity contribution >= 4 is 28.4 Å². The quantitative estimate of drug-likeness (QED) is 0.179. The Kier molecular flexibility index (Phi) is 9.86. The lowest BCUT2D eigenvalue weighted by Gasteiger charge is -2.17. The molecule has 0 atom stereocenters. The molecule has 1 heterocycles. The van der Waals surface area contributed by atoms with Gasteiger partial charge in [-0.2, -0.15) is 10.2 Å². The molecule has 0 aromatic heterocycles. The maximum Gasteiger partial charge on any atom is 0.188 e. The van der Waals surface area contributed by atoms with Gasteiger partial charge in [0.2, 0.25) is 0 Å². The largest absolute Gasteiger partial charge is 0.372 e. The van der Waals surface area contributed by atoms with Gasteiger partial charge in [0.05, 0.1) is 11.4 Å². The summed E-state index contributed by atoms with van der Waals surface area (Å²) in [4.78, 5) is 2.31. The molecule has 0 amide bonds. The molecule has 1 fully saturated rings. The van der Waals surface area contributed by atoms with Gasteiger partial charge in [-0.15, -0.1) is 10.2 Å². The minimum atomic E-state index is -1.09. The fourth-order valence-corrected chi connectivity index (χ4v) is 4.45. The molecular formula is C30H35F2N5. The van der Waals surface area contributed by atoms with E-state index in [-0.39, 0.29) is 11.4 Å². The lowest BCUT2D eigenvalue weighted by Crippen LogP contribution is -2.17. The van der Waals surface area contributed by atoms with Gasteiger partial charge in [0, 0.05) is 18.8 Å². The smallest absolute Gasteiger partial charge is 0.188 e. The van der Waals surface area contributed by atoms with Crippen molar-refractivity contribution < 1.29 is 8.78 Å². The highest BCUT2D eigenvalue weighted by Crippen LogP contribution is 2.31. The molecule has 194 valence electrons. The van der Waals surface area contributed by atoms with Crippen molar-refractivity contribution in [1.29, 1.82) is 0 Å². The zero-order valence-electron chi connectivity index (χ0n) is 21.5. The van der Waals surface area contributed by atoms with Crippen LogP contribution in [-0.4, -0.2) is 13.1 Å². The van der Waals surface area contributed by atoms with Crippen LogP contribution in [0.4, 0.5) is 37.2 Å². The number of hydrogen-bond acceptors (Lipinski definition) is 5. The summed E-state index contributed by atoms with van der Waals surface area (Å²) < 4.78 is 29.2. The number of benzene rings is 3. The highest BCUT2D eigenvalue weighted by molar-refractivity contribution is 5.54. The van der Waals surface area contributed by atoms with E-state index in [2.05, 4.69) is 32.3 Å². The first-order chi connectivity index (χ1) is 18.1. The van der Waals surface area contributed by atoms with Crippen LogP contribution in [0.25, 0.3) is 0 Å². The highest BCUT2D eigenvalue weighted by atomic mass is 19.2. The zero-order valence-corrected chi connectivity index (χ0v) is 21.5. The fourth-order valence-electron chi connectivity index (χ4n) is 4.45. The van der Waals surface area contributed by atoms with Gasteiger partial charge in [-0.3, -0.25) is 0 Å². The van der Waals surface area contributed by atoms with Crippen LogP contribution < -0.4 is 4.90 Å². The number of azo groups is 2. The SMILES string of the molecule is CCCCCCCCc1ccc(N=Nc2ccc(N=Nc3ccc(N4CCCC4)cc3)c(F)c2F)cc1. The van der Waals surface area contributed by atoms with Crippen molar-refractivity contribution in [2.75, 3.05) is 18.0 Å². The summed E-state index contributed by atoms with van der Waals surface area (Å²) in [6.07, 6.45) is 11.0. The molecule has 0 radical (unpaired) electrons. The Bertz CT molecular complexity index is 1180. The van der Waals surface area contributed by atoms with Crippen LogP contribution in [0.1, 0.15) is 63.9 Å². The summed E-state index contributed by atoms with van der Waals surface area (Å²) in [5, 5.41) is 15.9. The van der Waals surface area contributed by atoms with E-state index in [4.69, 9.17) is 0 Å². The molecule has 0 bridgehead atoms. The van der Waals surface area contributed by atoms with E-state index in [1.807, 2.05) is 48.5 Å². The Balaban J connectivity index is 1.32. The second kappa shape index (κ2) is 13.7. The second-order valence-corrected chi connectivity index (χ2v) is 9.53. The van der Waals surface area contributed by atoms with Crippen LogP contribution in [-0.2, 0) is 6.42 Å². The summed E-state index contributed by atoms with van der Waals surface area (Å²) in [7, 11) is 0. The molecule has 5 nitrogen and oxygen atoms in total. The van der Waals surface area contributed by atoms with Gasteiger partial charge in [0.25, 0.3) is 0 Å². The van der Waals surface area contributed by atoms with Crippen molar-refractivity contribution in [1.82, 2.24) is 0 Å². The monoisotopic (exact) mass is 503 g/mol. The molecule has 1 aliphatic rings. The van der Waals surface area contributed by atoms with Crippen molar-refractivity contribution in [2.24, 2.45) is 20.5 Å². The predicted molar refractivity (Wildman–Crippen MR) is 146 cm³/mol. The Morgan fingerprint density at radius 2 is 1.14 bits per heavy atom. The molecule has 3 aromatic carbocycles. The van der Waals surface area contributed by atoms with E-state index in [0.717, 1.165) is 25.2 Å². The van der Waals surface area contributed by atoms with Crippen molar-refractivity contribution in [3.8, 4) is 0 Å². The molecule has 1 aliphatic heterocycles. The highest BCUT2D eigenvalue weighted by Gasteiger charge is 2.14. The topological polar surface area (TPSA) is 52.7 Å². The number of halogens is 2. The van der Waals surface area contributed by atoms with Gasteiger partial charge in [0.1, 0.15) is 11.4 Å². The number of unbranched alkanes of at least 4 members (excludes halogenated alkanes) is 5. The minimum Gasteiger partial charge on any atom is -0.372 e. The van der Waals surface area contributed by atoms with Crippen LogP contribution in [0.3, 0.4) is 0 Å². The Hall–Kier alpha value is -3.48. The summed E-state index contributed by atoms with van der Waals surface area (Å²) in [6, 6.07) is 18.0. The summed E-state index contributed by atoms with van der Waals surface area (Å²) in [5.74, 6) is -2.19. The molecule has 3 aromatic rings. The molecule has 7 heteroatoms. The molecule has 0 unspecified atom stereocenters. The maximum absolute atomic E-state index is 14.6. The van der Waals surface area contributed by atoms with Gasteiger partial charge in [0.15, 0.2) is 11.6 Å². The van der Waals surface area contributed by atoms with E-state index in [9.17, 15) is 8.78 Å². The summed E-state index contributed by atoms with van der Waals surface area (Å²) >= 11 is 0. The molecule has 4 rings (SSSR count). The molecule has 0 aliphatic carbocycles. The van der Waals surface area contributed by atoms with E-state index in [1.54, 1.807) is 0 Å². The van der Waals surface area contributed by atoms with Crippen molar-refractivity contribution in [2.45, 2.75) is 64.7 Å². The number of anilines is 1. The Morgan fingerprint density at radius 3 is 1.70 bits per heavy atom. The van der Waals surface area contributed by atoms with Crippen LogP contribution in [0, 0.1) is 11.6 Å². The normalized spacial score (nSPS) is 13.9. The third-order valence-electron chi connectivity index (χ3n) is 6.66. The summed E-state index contributed by atoms with van der Waals surface area (Å²) in [6.45, 7) is 4.33. The zero-order chi connectivity index (χ0) is 25.9. The second-order valence-electron chi connectivity index (χ2n) is 9.53. The van der Waals surface area contributed by atoms with E-state index in [1.165, 1.54) is 69.1 Å². The lowest BCUT2D eigenvalue weighted by atomic mass is 10.0. The fraction of sp³-hybridized carbons (Fsp3) is 0.400. The Morgan fingerprint density at radius 1 is 0.622 bits per heavy atom. The molecule has 0 N–H and O–H groups in total. The third-order valence-corrected chi connectivity index (χ3v) is 6.66.